The fraction of sp³-hybridized carbons (Fsp3) is 0.533. The van der Waals surface area contributed by atoms with Gasteiger partial charge in [-0.05, 0) is 56.6 Å². The smallest absolute Gasteiger partial charge is 0.183 e. The Balaban J connectivity index is 1.57. The Hall–Kier alpha value is -0.840. The summed E-state index contributed by atoms with van der Waals surface area (Å²) >= 11 is 7.70. The molecule has 2 aromatic rings. The van der Waals surface area contributed by atoms with Crippen LogP contribution in [-0.2, 0) is 0 Å². The van der Waals surface area contributed by atoms with Crippen molar-refractivity contribution in [1.29, 1.82) is 0 Å². The number of rotatable bonds is 4. The molecule has 0 aliphatic carbocycles. The first kappa shape index (κ1) is 14.1. The number of nitrogens with zero attached hydrogens (tertiary/aromatic N) is 2. The van der Waals surface area contributed by atoms with E-state index in [1.807, 2.05) is 18.2 Å². The van der Waals surface area contributed by atoms with E-state index in [1.54, 1.807) is 11.3 Å². The van der Waals surface area contributed by atoms with Crippen molar-refractivity contribution in [2.24, 2.45) is 5.92 Å². The lowest BCUT2D eigenvalue weighted by atomic mass is 9.97. The van der Waals surface area contributed by atoms with Crippen molar-refractivity contribution < 1.29 is 0 Å². The summed E-state index contributed by atoms with van der Waals surface area (Å²) in [5, 5.41) is 5.27. The van der Waals surface area contributed by atoms with E-state index in [0.717, 1.165) is 28.1 Å². The van der Waals surface area contributed by atoms with Crippen LogP contribution >= 0.6 is 22.9 Å². The van der Waals surface area contributed by atoms with Crippen LogP contribution in [-0.4, -0.2) is 36.1 Å². The summed E-state index contributed by atoms with van der Waals surface area (Å²) in [6, 6.07) is 5.89. The Labute approximate surface area is 128 Å². The third-order valence-corrected chi connectivity index (χ3v) is 5.28. The Morgan fingerprint density at radius 2 is 2.20 bits per heavy atom. The average Bonchev–Trinajstić information content (AvgIpc) is 2.87. The van der Waals surface area contributed by atoms with Gasteiger partial charge in [-0.2, -0.15) is 0 Å². The molecule has 0 bridgehead atoms. The first-order chi connectivity index (χ1) is 9.74. The fourth-order valence-corrected chi connectivity index (χ4v) is 3.73. The highest BCUT2D eigenvalue weighted by atomic mass is 35.5. The molecule has 1 saturated heterocycles. The van der Waals surface area contributed by atoms with Gasteiger partial charge in [0.05, 0.1) is 10.2 Å². The molecule has 1 N–H and O–H groups in total. The highest BCUT2D eigenvalue weighted by molar-refractivity contribution is 7.22. The van der Waals surface area contributed by atoms with Crippen molar-refractivity contribution in [3.8, 4) is 0 Å². The topological polar surface area (TPSA) is 28.2 Å². The van der Waals surface area contributed by atoms with Gasteiger partial charge in [0.1, 0.15) is 0 Å². The minimum Gasteiger partial charge on any atom is -0.361 e. The van der Waals surface area contributed by atoms with Gasteiger partial charge >= 0.3 is 0 Å². The fourth-order valence-electron chi connectivity index (χ4n) is 2.71. The molecule has 0 amide bonds. The SMILES string of the molecule is CCN1CCC(CNc2nc3cc(Cl)ccc3s2)CC1. The van der Waals surface area contributed by atoms with Gasteiger partial charge in [0.25, 0.3) is 0 Å². The number of aromatic nitrogens is 1. The predicted octanol–water partition coefficient (Wildman–Crippen LogP) is 4.09. The summed E-state index contributed by atoms with van der Waals surface area (Å²) in [5.74, 6) is 0.772. The average molecular weight is 310 g/mol. The number of thiazole rings is 1. The van der Waals surface area contributed by atoms with E-state index in [4.69, 9.17) is 11.6 Å². The van der Waals surface area contributed by atoms with Crippen LogP contribution in [0.25, 0.3) is 10.2 Å². The van der Waals surface area contributed by atoms with E-state index in [2.05, 4.69) is 22.1 Å². The van der Waals surface area contributed by atoms with E-state index in [-0.39, 0.29) is 0 Å². The van der Waals surface area contributed by atoms with Crippen molar-refractivity contribution >= 4 is 38.3 Å². The Morgan fingerprint density at radius 1 is 1.40 bits per heavy atom. The van der Waals surface area contributed by atoms with Crippen molar-refractivity contribution in [2.45, 2.75) is 19.8 Å². The summed E-state index contributed by atoms with van der Waals surface area (Å²) in [6.45, 7) is 6.92. The largest absolute Gasteiger partial charge is 0.361 e. The van der Waals surface area contributed by atoms with Crippen LogP contribution in [0.4, 0.5) is 5.13 Å². The second kappa shape index (κ2) is 6.29. The van der Waals surface area contributed by atoms with Crippen molar-refractivity contribution in [3.05, 3.63) is 23.2 Å². The maximum Gasteiger partial charge on any atom is 0.183 e. The molecule has 1 fully saturated rings. The number of fused-ring (bicyclic) bond motifs is 1. The number of hydrogen-bond acceptors (Lipinski definition) is 4. The highest BCUT2D eigenvalue weighted by Crippen LogP contribution is 2.28. The molecular formula is C15H20ClN3S. The van der Waals surface area contributed by atoms with Crippen LogP contribution in [0.3, 0.4) is 0 Å². The van der Waals surface area contributed by atoms with Crippen LogP contribution in [0.15, 0.2) is 18.2 Å². The number of anilines is 1. The van der Waals surface area contributed by atoms with Crippen LogP contribution in [0.2, 0.25) is 5.02 Å². The van der Waals surface area contributed by atoms with Crippen LogP contribution in [0.5, 0.6) is 0 Å². The molecule has 1 aliphatic rings. The van der Waals surface area contributed by atoms with Gasteiger partial charge in [0.2, 0.25) is 0 Å². The number of nitrogens with one attached hydrogen (secondary N) is 1. The van der Waals surface area contributed by atoms with Crippen molar-refractivity contribution in [3.63, 3.8) is 0 Å². The maximum absolute atomic E-state index is 5.99. The van der Waals surface area contributed by atoms with E-state index in [9.17, 15) is 0 Å². The molecule has 1 aromatic carbocycles. The zero-order chi connectivity index (χ0) is 13.9. The second-order valence-corrected chi connectivity index (χ2v) is 6.86. The van der Waals surface area contributed by atoms with E-state index in [0.29, 0.717) is 0 Å². The molecule has 20 heavy (non-hydrogen) atoms. The maximum atomic E-state index is 5.99. The minimum atomic E-state index is 0.751. The van der Waals surface area contributed by atoms with Gasteiger partial charge in [-0.3, -0.25) is 0 Å². The molecular weight excluding hydrogens is 290 g/mol. The molecule has 5 heteroatoms. The summed E-state index contributed by atoms with van der Waals surface area (Å²) in [4.78, 5) is 7.13. The molecule has 0 unspecified atom stereocenters. The molecule has 1 aliphatic heterocycles. The van der Waals surface area contributed by atoms with E-state index >= 15 is 0 Å². The number of likely N-dealkylation sites (tertiary alicyclic amines) is 1. The van der Waals surface area contributed by atoms with Gasteiger partial charge < -0.3 is 10.2 Å². The first-order valence-electron chi connectivity index (χ1n) is 7.27. The predicted molar refractivity (Wildman–Crippen MR) is 88.0 cm³/mol. The summed E-state index contributed by atoms with van der Waals surface area (Å²) in [5.41, 5.74) is 0.991. The standard InChI is InChI=1S/C15H20ClN3S/c1-2-19-7-5-11(6-8-19)10-17-15-18-13-9-12(16)3-4-14(13)20-15/h3-4,9,11H,2,5-8,10H2,1H3,(H,17,18). The van der Waals surface area contributed by atoms with Crippen LogP contribution < -0.4 is 5.32 Å². The molecule has 0 saturated carbocycles. The Kier molecular flexibility index (Phi) is 4.44. The number of halogens is 1. The lowest BCUT2D eigenvalue weighted by molar-refractivity contribution is 0.198. The summed E-state index contributed by atoms with van der Waals surface area (Å²) in [6.07, 6.45) is 2.58. The van der Waals surface area contributed by atoms with E-state index < -0.39 is 0 Å². The molecule has 108 valence electrons. The van der Waals surface area contributed by atoms with Gasteiger partial charge in [0.15, 0.2) is 5.13 Å². The quantitative estimate of drug-likeness (QED) is 0.922. The third-order valence-electron chi connectivity index (χ3n) is 4.05. The number of piperidine rings is 1. The molecule has 2 heterocycles. The zero-order valence-corrected chi connectivity index (χ0v) is 13.3. The molecule has 3 rings (SSSR count). The van der Waals surface area contributed by atoms with E-state index in [1.165, 1.54) is 37.2 Å². The monoisotopic (exact) mass is 309 g/mol. The van der Waals surface area contributed by atoms with Gasteiger partial charge in [-0.25, -0.2) is 4.98 Å². The second-order valence-electron chi connectivity index (χ2n) is 5.39. The number of benzene rings is 1. The summed E-state index contributed by atoms with van der Waals surface area (Å²) < 4.78 is 1.19. The molecule has 1 aromatic heterocycles. The highest BCUT2D eigenvalue weighted by Gasteiger charge is 2.18. The lowest BCUT2D eigenvalue weighted by Gasteiger charge is -2.30. The number of hydrogen-bond donors (Lipinski definition) is 1. The van der Waals surface area contributed by atoms with Crippen LogP contribution in [0, 0.1) is 5.92 Å². The first-order valence-corrected chi connectivity index (χ1v) is 8.46. The normalized spacial score (nSPS) is 17.7. The zero-order valence-electron chi connectivity index (χ0n) is 11.7. The minimum absolute atomic E-state index is 0.751. The third kappa shape index (κ3) is 3.25. The Bertz CT molecular complexity index is 576. The molecule has 0 radical (unpaired) electrons. The molecule has 0 spiro atoms. The van der Waals surface area contributed by atoms with Gasteiger partial charge in [0, 0.05) is 11.6 Å². The lowest BCUT2D eigenvalue weighted by Crippen LogP contribution is -2.35. The Morgan fingerprint density at radius 3 is 2.95 bits per heavy atom. The van der Waals surface area contributed by atoms with Crippen molar-refractivity contribution in [2.75, 3.05) is 31.5 Å². The molecule has 3 nitrogen and oxygen atoms in total. The van der Waals surface area contributed by atoms with Gasteiger partial charge in [-0.15, -0.1) is 0 Å². The van der Waals surface area contributed by atoms with Crippen molar-refractivity contribution in [1.82, 2.24) is 9.88 Å². The summed E-state index contributed by atoms with van der Waals surface area (Å²) in [7, 11) is 0. The van der Waals surface area contributed by atoms with Crippen LogP contribution in [0.1, 0.15) is 19.8 Å². The van der Waals surface area contributed by atoms with Gasteiger partial charge in [-0.1, -0.05) is 29.9 Å². The molecule has 0 atom stereocenters.